The maximum atomic E-state index is 11.4. The third-order valence-electron chi connectivity index (χ3n) is 2.46. The maximum absolute atomic E-state index is 11.4. The Bertz CT molecular complexity index is 364. The van der Waals surface area contributed by atoms with Crippen LogP contribution in [0.4, 0.5) is 0 Å². The van der Waals surface area contributed by atoms with E-state index < -0.39 is 0 Å². The summed E-state index contributed by atoms with van der Waals surface area (Å²) in [6.07, 6.45) is 1.18. The zero-order valence-corrected chi connectivity index (χ0v) is 10.5. The van der Waals surface area contributed by atoms with Crippen molar-refractivity contribution in [1.82, 2.24) is 4.90 Å². The van der Waals surface area contributed by atoms with E-state index in [1.807, 2.05) is 24.3 Å². The van der Waals surface area contributed by atoms with Gasteiger partial charge < -0.3 is 15.4 Å². The van der Waals surface area contributed by atoms with Crippen molar-refractivity contribution in [1.29, 1.82) is 0 Å². The Labute approximate surface area is 102 Å². The standard InChI is InChI=1S/C13H20N2O2/c1-15(2)13(16)8-10-17-12-6-4-3-5-11(12)7-9-14/h3-6H,7-10,14H2,1-2H3. The van der Waals surface area contributed by atoms with Gasteiger partial charge in [-0.2, -0.15) is 0 Å². The smallest absolute Gasteiger partial charge is 0.225 e. The Morgan fingerprint density at radius 3 is 2.71 bits per heavy atom. The van der Waals surface area contributed by atoms with Crippen LogP contribution in [0, 0.1) is 0 Å². The van der Waals surface area contributed by atoms with E-state index in [2.05, 4.69) is 0 Å². The molecule has 0 radical (unpaired) electrons. The molecular formula is C13H20N2O2. The number of rotatable bonds is 6. The zero-order valence-electron chi connectivity index (χ0n) is 10.5. The molecule has 4 nitrogen and oxygen atoms in total. The first-order valence-corrected chi connectivity index (χ1v) is 5.76. The van der Waals surface area contributed by atoms with Crippen LogP contribution in [0.25, 0.3) is 0 Å². The van der Waals surface area contributed by atoms with Crippen molar-refractivity contribution in [3.05, 3.63) is 29.8 Å². The molecule has 0 atom stereocenters. The number of ether oxygens (including phenoxy) is 1. The number of amides is 1. The Morgan fingerprint density at radius 1 is 1.35 bits per heavy atom. The van der Waals surface area contributed by atoms with Gasteiger partial charge in [0.2, 0.25) is 5.91 Å². The van der Waals surface area contributed by atoms with Gasteiger partial charge in [-0.25, -0.2) is 0 Å². The topological polar surface area (TPSA) is 55.6 Å². The molecule has 94 valence electrons. The molecule has 1 amide bonds. The molecule has 1 aromatic carbocycles. The molecule has 0 saturated heterocycles. The van der Waals surface area contributed by atoms with Crippen LogP contribution in [0.15, 0.2) is 24.3 Å². The van der Waals surface area contributed by atoms with Crippen LogP contribution >= 0.6 is 0 Å². The van der Waals surface area contributed by atoms with E-state index in [-0.39, 0.29) is 5.91 Å². The van der Waals surface area contributed by atoms with E-state index >= 15 is 0 Å². The number of para-hydroxylation sites is 1. The van der Waals surface area contributed by atoms with E-state index in [0.29, 0.717) is 19.6 Å². The lowest BCUT2D eigenvalue weighted by molar-refractivity contribution is -0.129. The summed E-state index contributed by atoms with van der Waals surface area (Å²) in [7, 11) is 3.48. The second-order valence-electron chi connectivity index (χ2n) is 4.03. The normalized spacial score (nSPS) is 10.1. The summed E-state index contributed by atoms with van der Waals surface area (Å²) in [6, 6.07) is 7.78. The van der Waals surface area contributed by atoms with E-state index in [0.717, 1.165) is 17.7 Å². The lowest BCUT2D eigenvalue weighted by atomic mass is 10.1. The van der Waals surface area contributed by atoms with Crippen molar-refractivity contribution in [2.75, 3.05) is 27.2 Å². The first-order valence-electron chi connectivity index (χ1n) is 5.76. The summed E-state index contributed by atoms with van der Waals surface area (Å²) in [5, 5.41) is 0. The molecule has 0 heterocycles. The third-order valence-corrected chi connectivity index (χ3v) is 2.46. The molecule has 0 bridgehead atoms. The van der Waals surface area contributed by atoms with Crippen molar-refractivity contribution < 1.29 is 9.53 Å². The third kappa shape index (κ3) is 4.44. The summed E-state index contributed by atoms with van der Waals surface area (Å²) in [4.78, 5) is 12.9. The quantitative estimate of drug-likeness (QED) is 0.803. The fraction of sp³-hybridized carbons (Fsp3) is 0.462. The van der Waals surface area contributed by atoms with E-state index in [9.17, 15) is 4.79 Å². The number of hydrogen-bond donors (Lipinski definition) is 1. The van der Waals surface area contributed by atoms with Gasteiger partial charge in [0, 0.05) is 14.1 Å². The molecule has 2 N–H and O–H groups in total. The summed E-state index contributed by atoms with van der Waals surface area (Å²) in [6.45, 7) is 0.996. The first kappa shape index (κ1) is 13.5. The van der Waals surface area contributed by atoms with E-state index in [1.54, 1.807) is 19.0 Å². The van der Waals surface area contributed by atoms with Crippen LogP contribution in [0.1, 0.15) is 12.0 Å². The Balaban J connectivity index is 2.48. The lowest BCUT2D eigenvalue weighted by Crippen LogP contribution is -2.23. The molecule has 1 aromatic rings. The monoisotopic (exact) mass is 236 g/mol. The Hall–Kier alpha value is -1.55. The van der Waals surface area contributed by atoms with Gasteiger partial charge in [0.1, 0.15) is 5.75 Å². The van der Waals surface area contributed by atoms with Crippen LogP contribution in [-0.4, -0.2) is 38.1 Å². The predicted molar refractivity (Wildman–Crippen MR) is 68.0 cm³/mol. The van der Waals surface area contributed by atoms with Crippen molar-refractivity contribution in [2.45, 2.75) is 12.8 Å². The van der Waals surface area contributed by atoms with Gasteiger partial charge in [-0.1, -0.05) is 18.2 Å². The van der Waals surface area contributed by atoms with Crippen molar-refractivity contribution >= 4 is 5.91 Å². The highest BCUT2D eigenvalue weighted by Gasteiger charge is 2.06. The van der Waals surface area contributed by atoms with Crippen LogP contribution in [0.5, 0.6) is 5.75 Å². The highest BCUT2D eigenvalue weighted by atomic mass is 16.5. The highest BCUT2D eigenvalue weighted by Crippen LogP contribution is 2.18. The second kappa shape index (κ2) is 6.91. The molecule has 0 fully saturated rings. The molecule has 1 rings (SSSR count). The van der Waals surface area contributed by atoms with Gasteiger partial charge in [0.25, 0.3) is 0 Å². The summed E-state index contributed by atoms with van der Waals surface area (Å²) >= 11 is 0. The molecule has 0 saturated carbocycles. The fourth-order valence-electron chi connectivity index (χ4n) is 1.48. The number of benzene rings is 1. The molecule has 0 aliphatic heterocycles. The number of nitrogens with two attached hydrogens (primary N) is 1. The minimum absolute atomic E-state index is 0.0707. The van der Waals surface area contributed by atoms with Crippen molar-refractivity contribution in [3.8, 4) is 5.75 Å². The van der Waals surface area contributed by atoms with E-state index in [1.165, 1.54) is 0 Å². The zero-order chi connectivity index (χ0) is 12.7. The minimum atomic E-state index is 0.0707. The minimum Gasteiger partial charge on any atom is -0.493 e. The molecule has 0 aliphatic carbocycles. The summed E-state index contributed by atoms with van der Waals surface area (Å²) < 4.78 is 5.61. The molecule has 0 unspecified atom stereocenters. The Kier molecular flexibility index (Phi) is 5.49. The first-order chi connectivity index (χ1) is 8.15. The number of carbonyl (C=O) groups excluding carboxylic acids is 1. The van der Waals surface area contributed by atoms with Gasteiger partial charge >= 0.3 is 0 Å². The van der Waals surface area contributed by atoms with Crippen molar-refractivity contribution in [3.63, 3.8) is 0 Å². The summed E-state index contributed by atoms with van der Waals surface area (Å²) in [5.41, 5.74) is 6.62. The lowest BCUT2D eigenvalue weighted by Gasteiger charge is -2.13. The SMILES string of the molecule is CN(C)C(=O)CCOc1ccccc1CCN. The molecular weight excluding hydrogens is 216 g/mol. The fourth-order valence-corrected chi connectivity index (χ4v) is 1.48. The van der Waals surface area contributed by atoms with Gasteiger partial charge in [-0.15, -0.1) is 0 Å². The summed E-state index contributed by atoms with van der Waals surface area (Å²) in [5.74, 6) is 0.894. The van der Waals surface area contributed by atoms with Crippen LogP contribution in [0.2, 0.25) is 0 Å². The van der Waals surface area contributed by atoms with Gasteiger partial charge in [0.05, 0.1) is 13.0 Å². The average Bonchev–Trinajstić information content (AvgIpc) is 2.31. The van der Waals surface area contributed by atoms with Gasteiger partial charge in [-0.05, 0) is 24.6 Å². The second-order valence-corrected chi connectivity index (χ2v) is 4.03. The van der Waals surface area contributed by atoms with Gasteiger partial charge in [-0.3, -0.25) is 4.79 Å². The average molecular weight is 236 g/mol. The Morgan fingerprint density at radius 2 is 2.06 bits per heavy atom. The molecule has 17 heavy (non-hydrogen) atoms. The molecule has 0 aliphatic rings. The number of nitrogens with zero attached hydrogens (tertiary/aromatic N) is 1. The van der Waals surface area contributed by atoms with E-state index in [4.69, 9.17) is 10.5 Å². The molecule has 0 aromatic heterocycles. The number of carbonyl (C=O) groups is 1. The number of hydrogen-bond acceptors (Lipinski definition) is 3. The molecule has 0 spiro atoms. The van der Waals surface area contributed by atoms with Crippen molar-refractivity contribution in [2.24, 2.45) is 5.73 Å². The van der Waals surface area contributed by atoms with Crippen LogP contribution in [-0.2, 0) is 11.2 Å². The van der Waals surface area contributed by atoms with Crippen LogP contribution < -0.4 is 10.5 Å². The molecule has 4 heteroatoms. The van der Waals surface area contributed by atoms with Crippen LogP contribution in [0.3, 0.4) is 0 Å². The highest BCUT2D eigenvalue weighted by molar-refractivity contribution is 5.75. The predicted octanol–water partition coefficient (Wildman–Crippen LogP) is 1.04. The maximum Gasteiger partial charge on any atom is 0.225 e. The largest absolute Gasteiger partial charge is 0.493 e. The van der Waals surface area contributed by atoms with Gasteiger partial charge in [0.15, 0.2) is 0 Å².